The van der Waals surface area contributed by atoms with Gasteiger partial charge >= 0.3 is 0 Å². The van der Waals surface area contributed by atoms with Gasteiger partial charge in [0.25, 0.3) is 5.91 Å². The monoisotopic (exact) mass is 456 g/mol. The Balaban J connectivity index is 1.43. The molecule has 2 aromatic carbocycles. The SMILES string of the molecule is [2H]C([2H])(Oc1cccc2c1C([2H])([2H])N([C@@]1([2H])CCC(=O)NC1=O)C2=O)c1ccc(C([2H])([2H])N2CCOCC2)cc1. The maximum Gasteiger partial charge on any atom is 0.255 e. The zero-order valence-corrected chi connectivity index (χ0v) is 17.7. The molecule has 3 aliphatic rings. The average molecular weight is 457 g/mol. The fourth-order valence-electron chi connectivity index (χ4n) is 3.79. The molecule has 0 aliphatic carbocycles. The van der Waals surface area contributed by atoms with Crippen LogP contribution in [0.25, 0.3) is 0 Å². The Labute approximate surface area is 202 Å². The Hall–Kier alpha value is -3.23. The summed E-state index contributed by atoms with van der Waals surface area (Å²) in [4.78, 5) is 39.6. The topological polar surface area (TPSA) is 88.2 Å². The van der Waals surface area contributed by atoms with Gasteiger partial charge in [0, 0.05) is 39.9 Å². The first-order valence-corrected chi connectivity index (χ1v) is 10.6. The minimum absolute atomic E-state index is 0.0236. The van der Waals surface area contributed by atoms with Gasteiger partial charge in [-0.15, -0.1) is 0 Å². The Bertz CT molecular complexity index is 1370. The second-order valence-electron chi connectivity index (χ2n) is 7.75. The maximum absolute atomic E-state index is 13.3. The van der Waals surface area contributed by atoms with E-state index >= 15 is 0 Å². The molecule has 2 fully saturated rings. The first-order chi connectivity index (χ1) is 18.7. The Morgan fingerprint density at radius 1 is 1.12 bits per heavy atom. The van der Waals surface area contributed by atoms with E-state index in [4.69, 9.17) is 19.1 Å². The molecule has 2 aromatic rings. The molecule has 0 unspecified atom stereocenters. The van der Waals surface area contributed by atoms with E-state index in [0.29, 0.717) is 36.8 Å². The summed E-state index contributed by atoms with van der Waals surface area (Å²) in [5.41, 5.74) is -0.184. The van der Waals surface area contributed by atoms with Crippen molar-refractivity contribution in [2.75, 3.05) is 26.3 Å². The van der Waals surface area contributed by atoms with Crippen LogP contribution in [0.4, 0.5) is 0 Å². The smallest absolute Gasteiger partial charge is 0.255 e. The molecule has 5 rings (SSSR count). The molecule has 172 valence electrons. The summed E-state index contributed by atoms with van der Waals surface area (Å²) in [6.45, 7) is -5.44. The number of nitrogens with zero attached hydrogens (tertiary/aromatic N) is 2. The molecule has 8 nitrogen and oxygen atoms in total. The van der Waals surface area contributed by atoms with Crippen LogP contribution in [0.15, 0.2) is 42.5 Å². The van der Waals surface area contributed by atoms with Crippen LogP contribution >= 0.6 is 0 Å². The van der Waals surface area contributed by atoms with E-state index < -0.39 is 49.7 Å². The molecule has 3 heterocycles. The number of carbonyl (C=O) groups excluding carboxylic acids is 3. The zero-order chi connectivity index (χ0) is 29.1. The average Bonchev–Trinajstić information content (AvgIpc) is 3.12. The van der Waals surface area contributed by atoms with Crippen LogP contribution in [0.5, 0.6) is 5.75 Å². The maximum atomic E-state index is 13.3. The summed E-state index contributed by atoms with van der Waals surface area (Å²) in [7, 11) is 0. The third-order valence-corrected chi connectivity index (χ3v) is 5.52. The number of morpholine rings is 1. The van der Waals surface area contributed by atoms with E-state index in [1.54, 1.807) is 4.90 Å². The van der Waals surface area contributed by atoms with Crippen LogP contribution in [-0.4, -0.2) is 59.8 Å². The molecule has 0 bridgehead atoms. The standard InChI is InChI=1S/C25H27N3O5/c29-23-9-8-21(24(30)26-23)28-15-20-19(25(28)31)2-1-3-22(20)33-16-18-6-4-17(5-7-18)14-27-10-12-32-13-11-27/h1-7,21H,8-16H2,(H,26,29,30)/t21-/m0/s1/i14D2,15D2,16D2,21D. The van der Waals surface area contributed by atoms with Crippen molar-refractivity contribution in [3.8, 4) is 5.75 Å². The summed E-state index contributed by atoms with van der Waals surface area (Å²) in [5.74, 6) is -3.00. The van der Waals surface area contributed by atoms with Crippen molar-refractivity contribution < 1.29 is 33.5 Å². The van der Waals surface area contributed by atoms with E-state index in [9.17, 15) is 14.4 Å². The highest BCUT2D eigenvalue weighted by Gasteiger charge is 2.40. The number of nitrogens with one attached hydrogen (secondary N) is 1. The van der Waals surface area contributed by atoms with Crippen molar-refractivity contribution >= 4 is 17.7 Å². The molecule has 8 heteroatoms. The van der Waals surface area contributed by atoms with Crippen molar-refractivity contribution in [1.29, 1.82) is 0 Å². The number of benzene rings is 2. The lowest BCUT2D eigenvalue weighted by molar-refractivity contribution is -0.136. The van der Waals surface area contributed by atoms with Crippen molar-refractivity contribution in [2.24, 2.45) is 0 Å². The number of hydrogen-bond acceptors (Lipinski definition) is 6. The second-order valence-corrected chi connectivity index (χ2v) is 7.75. The lowest BCUT2D eigenvalue weighted by Gasteiger charge is -2.29. The molecule has 0 spiro atoms. The number of hydrogen-bond donors (Lipinski definition) is 1. The van der Waals surface area contributed by atoms with Gasteiger partial charge in [0.15, 0.2) is 0 Å². The Morgan fingerprint density at radius 2 is 1.88 bits per heavy atom. The molecule has 0 saturated carbocycles. The van der Waals surface area contributed by atoms with Crippen LogP contribution in [0, 0.1) is 0 Å². The van der Waals surface area contributed by atoms with Gasteiger partial charge in [-0.05, 0) is 29.7 Å². The number of carbonyl (C=O) groups is 3. The Kier molecular flexibility index (Phi) is 4.19. The minimum atomic E-state index is -2.74. The summed E-state index contributed by atoms with van der Waals surface area (Å²) in [5, 5.41) is 1.99. The fraction of sp³-hybridized carbons (Fsp3) is 0.400. The number of fused-ring (bicyclic) bond motifs is 1. The van der Waals surface area contributed by atoms with E-state index in [1.165, 1.54) is 42.5 Å². The molecule has 3 amide bonds. The third-order valence-electron chi connectivity index (χ3n) is 5.52. The van der Waals surface area contributed by atoms with Crippen molar-refractivity contribution in [3.63, 3.8) is 0 Å². The van der Waals surface area contributed by atoms with Gasteiger partial charge in [-0.3, -0.25) is 24.6 Å². The van der Waals surface area contributed by atoms with E-state index in [0.717, 1.165) is 0 Å². The van der Waals surface area contributed by atoms with Crippen LogP contribution in [0.3, 0.4) is 0 Å². The zero-order valence-electron chi connectivity index (χ0n) is 24.7. The summed E-state index contributed by atoms with van der Waals surface area (Å²) < 4.78 is 71.3. The van der Waals surface area contributed by atoms with Gasteiger partial charge in [-0.2, -0.15) is 0 Å². The van der Waals surface area contributed by atoms with E-state index in [2.05, 4.69) is 0 Å². The molecule has 1 N–H and O–H groups in total. The first kappa shape index (κ1) is 14.8. The first-order valence-electron chi connectivity index (χ1n) is 14.1. The number of ether oxygens (including phenoxy) is 2. The molecule has 1 atom stereocenters. The lowest BCUT2D eigenvalue weighted by atomic mass is 10.0. The third kappa shape index (κ3) is 4.62. The van der Waals surface area contributed by atoms with Crippen molar-refractivity contribution in [3.05, 3.63) is 64.7 Å². The molecule has 3 aliphatic heterocycles. The van der Waals surface area contributed by atoms with Gasteiger partial charge in [-0.25, -0.2) is 0 Å². The second kappa shape index (κ2) is 9.33. The molecule has 0 aromatic heterocycles. The van der Waals surface area contributed by atoms with E-state index in [1.807, 2.05) is 5.32 Å². The number of imide groups is 1. The normalized spacial score (nSPS) is 28.9. The van der Waals surface area contributed by atoms with Gasteiger partial charge in [-0.1, -0.05) is 30.3 Å². The highest BCUT2D eigenvalue weighted by Crippen LogP contribution is 2.34. The van der Waals surface area contributed by atoms with Crippen LogP contribution in [0.2, 0.25) is 0 Å². The molecule has 0 radical (unpaired) electrons. The van der Waals surface area contributed by atoms with E-state index in [-0.39, 0.29) is 28.9 Å². The molecular weight excluding hydrogens is 422 g/mol. The fourth-order valence-corrected chi connectivity index (χ4v) is 3.79. The summed E-state index contributed by atoms with van der Waals surface area (Å²) in [6.07, 6.45) is -0.658. The Morgan fingerprint density at radius 3 is 2.64 bits per heavy atom. The quantitative estimate of drug-likeness (QED) is 0.668. The minimum Gasteiger partial charge on any atom is -0.489 e. The van der Waals surface area contributed by atoms with Gasteiger partial charge in [0.05, 0.1) is 26.6 Å². The molecular formula is C25H27N3O5. The van der Waals surface area contributed by atoms with Gasteiger partial charge < -0.3 is 14.4 Å². The van der Waals surface area contributed by atoms with Crippen LogP contribution in [0.1, 0.15) is 49.5 Å². The van der Waals surface area contributed by atoms with Crippen molar-refractivity contribution in [2.45, 2.75) is 38.4 Å². The van der Waals surface area contributed by atoms with Crippen LogP contribution in [-0.2, 0) is 33.9 Å². The highest BCUT2D eigenvalue weighted by atomic mass is 16.5. The number of piperidine rings is 1. The van der Waals surface area contributed by atoms with Crippen molar-refractivity contribution in [1.82, 2.24) is 15.1 Å². The summed E-state index contributed by atoms with van der Waals surface area (Å²) in [6, 6.07) is 7.24. The predicted molar refractivity (Wildman–Crippen MR) is 119 cm³/mol. The van der Waals surface area contributed by atoms with Gasteiger partial charge in [0.1, 0.15) is 18.3 Å². The van der Waals surface area contributed by atoms with Crippen LogP contribution < -0.4 is 10.1 Å². The molecule has 2 saturated heterocycles. The summed E-state index contributed by atoms with van der Waals surface area (Å²) >= 11 is 0. The number of amides is 3. The highest BCUT2D eigenvalue weighted by molar-refractivity contribution is 6.05. The molecule has 33 heavy (non-hydrogen) atoms. The predicted octanol–water partition coefficient (Wildman–Crippen LogP) is 1.86. The van der Waals surface area contributed by atoms with Gasteiger partial charge in [0.2, 0.25) is 11.8 Å². The number of rotatable bonds is 6. The largest absolute Gasteiger partial charge is 0.489 e. The lowest BCUT2D eigenvalue weighted by Crippen LogP contribution is -2.52.